The molecule has 0 spiro atoms. The summed E-state index contributed by atoms with van der Waals surface area (Å²) in [7, 11) is 0. The number of aryl methyl sites for hydroxylation is 2. The first-order valence-corrected chi connectivity index (χ1v) is 9.72. The number of hydrogen-bond acceptors (Lipinski definition) is 4. The van der Waals surface area contributed by atoms with Crippen LogP contribution >= 0.6 is 0 Å². The Morgan fingerprint density at radius 1 is 1.29 bits per heavy atom. The first-order valence-electron chi connectivity index (χ1n) is 9.72. The highest BCUT2D eigenvalue weighted by molar-refractivity contribution is 5.91. The maximum Gasteiger partial charge on any atom is 0.323 e. The van der Waals surface area contributed by atoms with E-state index in [9.17, 15) is 14.7 Å². The molecule has 1 aliphatic heterocycles. The Morgan fingerprint density at radius 3 is 2.71 bits per heavy atom. The van der Waals surface area contributed by atoms with E-state index in [2.05, 4.69) is 10.3 Å². The molecule has 0 saturated carbocycles. The highest BCUT2D eigenvalue weighted by Crippen LogP contribution is 2.45. The minimum absolute atomic E-state index is 0.194. The molecular weight excluding hydrogens is 356 g/mol. The number of carbonyl (C=O) groups is 2. The number of hydrogen-bond donors (Lipinski definition) is 3. The summed E-state index contributed by atoms with van der Waals surface area (Å²) in [5.41, 5.74) is 6.30. The van der Waals surface area contributed by atoms with Crippen molar-refractivity contribution in [1.82, 2.24) is 9.88 Å². The molecule has 2 atom stereocenters. The Kier molecular flexibility index (Phi) is 4.30. The maximum atomic E-state index is 13.1. The molecule has 1 aromatic heterocycles. The second kappa shape index (κ2) is 6.44. The number of nitrogens with two attached hydrogens (primary N) is 1. The molecule has 1 saturated heterocycles. The van der Waals surface area contributed by atoms with Gasteiger partial charge in [-0.2, -0.15) is 0 Å². The summed E-state index contributed by atoms with van der Waals surface area (Å²) < 4.78 is 0. The molecule has 7 nitrogen and oxygen atoms in total. The Morgan fingerprint density at radius 2 is 2.00 bits per heavy atom. The number of aliphatic hydroxyl groups is 1. The number of likely N-dealkylation sites (tertiary alicyclic amines) is 1. The van der Waals surface area contributed by atoms with E-state index in [1.54, 1.807) is 11.0 Å². The average Bonchev–Trinajstić information content (AvgIpc) is 2.94. The third-order valence-electron chi connectivity index (χ3n) is 6.38. The summed E-state index contributed by atoms with van der Waals surface area (Å²) in [5.74, 6) is -0.852. The van der Waals surface area contributed by atoms with E-state index in [0.717, 1.165) is 24.8 Å². The number of amides is 3. The number of rotatable bonds is 2. The molecule has 3 amide bonds. The zero-order valence-electron chi connectivity index (χ0n) is 16.2. The maximum absolute atomic E-state index is 13.1. The molecule has 0 aromatic carbocycles. The van der Waals surface area contributed by atoms with Crippen LogP contribution in [0.25, 0.3) is 0 Å². The van der Waals surface area contributed by atoms with Crippen LogP contribution in [-0.4, -0.2) is 44.6 Å². The molecule has 2 unspecified atom stereocenters. The predicted octanol–water partition coefficient (Wildman–Crippen LogP) is 1.92. The minimum atomic E-state index is -1.79. The van der Waals surface area contributed by atoms with Crippen molar-refractivity contribution in [1.29, 1.82) is 0 Å². The van der Waals surface area contributed by atoms with E-state index >= 15 is 0 Å². The highest BCUT2D eigenvalue weighted by Gasteiger charge is 2.55. The molecular formula is C21H26N4O3. The fraction of sp³-hybridized carbons (Fsp3) is 0.476. The molecule has 4 rings (SSSR count). The number of urea groups is 1. The van der Waals surface area contributed by atoms with Crippen LogP contribution in [0.3, 0.4) is 0 Å². The van der Waals surface area contributed by atoms with E-state index in [1.165, 1.54) is 23.6 Å². The van der Waals surface area contributed by atoms with Crippen LogP contribution in [0.15, 0.2) is 36.1 Å². The third-order valence-corrected chi connectivity index (χ3v) is 6.38. The monoisotopic (exact) mass is 382 g/mol. The van der Waals surface area contributed by atoms with Gasteiger partial charge in [0.2, 0.25) is 0 Å². The van der Waals surface area contributed by atoms with Crippen LogP contribution in [0, 0.1) is 5.92 Å². The normalized spacial score (nSPS) is 27.6. The van der Waals surface area contributed by atoms with E-state index in [0.29, 0.717) is 5.82 Å². The first kappa shape index (κ1) is 18.7. The number of nitrogens with one attached hydrogen (secondary N) is 1. The van der Waals surface area contributed by atoms with Gasteiger partial charge < -0.3 is 15.7 Å². The Hall–Kier alpha value is -2.67. The van der Waals surface area contributed by atoms with Crippen molar-refractivity contribution >= 4 is 17.8 Å². The van der Waals surface area contributed by atoms with E-state index < -0.39 is 23.0 Å². The number of aromatic nitrogens is 1. The summed E-state index contributed by atoms with van der Waals surface area (Å²) in [6.07, 6.45) is 11.1. The van der Waals surface area contributed by atoms with Gasteiger partial charge in [-0.1, -0.05) is 12.2 Å². The van der Waals surface area contributed by atoms with Crippen molar-refractivity contribution in [3.63, 3.8) is 0 Å². The van der Waals surface area contributed by atoms with Gasteiger partial charge in [0.1, 0.15) is 5.82 Å². The topological polar surface area (TPSA) is 109 Å². The Bertz CT molecular complexity index is 905. The summed E-state index contributed by atoms with van der Waals surface area (Å²) in [5, 5.41) is 13.7. The van der Waals surface area contributed by atoms with Gasteiger partial charge in [0, 0.05) is 18.7 Å². The van der Waals surface area contributed by atoms with Crippen LogP contribution in [0.1, 0.15) is 37.8 Å². The molecule has 1 fully saturated rings. The second-order valence-electron chi connectivity index (χ2n) is 8.37. The van der Waals surface area contributed by atoms with Crippen LogP contribution in [0.2, 0.25) is 0 Å². The molecule has 7 heteroatoms. The number of fused-ring (bicyclic) bond motifs is 2. The van der Waals surface area contributed by atoms with Crippen molar-refractivity contribution in [2.45, 2.75) is 50.7 Å². The average molecular weight is 382 g/mol. The number of allylic oxidation sites excluding steroid dienone is 2. The third kappa shape index (κ3) is 2.81. The van der Waals surface area contributed by atoms with Crippen molar-refractivity contribution in [2.24, 2.45) is 11.7 Å². The lowest BCUT2D eigenvalue weighted by Crippen LogP contribution is -2.50. The molecule has 0 bridgehead atoms. The lowest BCUT2D eigenvalue weighted by molar-refractivity contribution is -0.134. The number of primary amides is 1. The van der Waals surface area contributed by atoms with Gasteiger partial charge in [0.05, 0.1) is 5.54 Å². The summed E-state index contributed by atoms with van der Waals surface area (Å²) in [6.45, 7) is 4.00. The van der Waals surface area contributed by atoms with Crippen LogP contribution in [0.5, 0.6) is 0 Å². The Labute approximate surface area is 164 Å². The molecule has 3 aliphatic rings. The molecule has 28 heavy (non-hydrogen) atoms. The molecule has 4 N–H and O–H groups in total. The fourth-order valence-corrected chi connectivity index (χ4v) is 4.65. The number of nitrogens with zero attached hydrogens (tertiary/aromatic N) is 2. The molecule has 2 aliphatic carbocycles. The van der Waals surface area contributed by atoms with Gasteiger partial charge in [-0.25, -0.2) is 9.78 Å². The largest absolute Gasteiger partial charge is 0.375 e. The molecule has 148 valence electrons. The quantitative estimate of drug-likeness (QED) is 0.726. The number of pyridine rings is 1. The minimum Gasteiger partial charge on any atom is -0.375 e. The first-order chi connectivity index (χ1) is 13.2. The van der Waals surface area contributed by atoms with Crippen LogP contribution in [-0.2, 0) is 17.6 Å². The molecule has 0 radical (unpaired) electrons. The molecule has 2 heterocycles. The smallest absolute Gasteiger partial charge is 0.323 e. The Balaban J connectivity index is 1.58. The van der Waals surface area contributed by atoms with Gasteiger partial charge in [-0.05, 0) is 68.4 Å². The second-order valence-corrected chi connectivity index (χ2v) is 8.37. The van der Waals surface area contributed by atoms with Crippen molar-refractivity contribution in [2.75, 3.05) is 11.9 Å². The van der Waals surface area contributed by atoms with E-state index in [1.807, 2.05) is 32.2 Å². The molecule has 1 aromatic rings. The van der Waals surface area contributed by atoms with E-state index in [4.69, 9.17) is 5.73 Å². The van der Waals surface area contributed by atoms with Crippen molar-refractivity contribution in [3.05, 3.63) is 47.2 Å². The number of carbonyl (C=O) groups excluding carboxylic acids is 2. The fourth-order valence-electron chi connectivity index (χ4n) is 4.65. The predicted molar refractivity (Wildman–Crippen MR) is 106 cm³/mol. The van der Waals surface area contributed by atoms with Crippen molar-refractivity contribution in [3.8, 4) is 0 Å². The zero-order chi connectivity index (χ0) is 20.1. The standard InChI is InChI=1S/C21H26N4O3/c1-20(2)15-8-5-9-21(28,18(22)26)16(15)12-25(20)19(27)24-17-10-13-6-3-4-7-14(13)11-23-17/h5,8-11,16,28H,3-4,6-7,12H2,1-2H3,(H2,22,26)(H,23,24,27). The van der Waals surface area contributed by atoms with Gasteiger partial charge in [-0.15, -0.1) is 0 Å². The van der Waals surface area contributed by atoms with Gasteiger partial charge in [0.25, 0.3) is 5.91 Å². The van der Waals surface area contributed by atoms with Gasteiger partial charge in [-0.3, -0.25) is 10.1 Å². The van der Waals surface area contributed by atoms with Crippen LogP contribution < -0.4 is 11.1 Å². The highest BCUT2D eigenvalue weighted by atomic mass is 16.3. The summed E-state index contributed by atoms with van der Waals surface area (Å²) in [4.78, 5) is 31.0. The zero-order valence-corrected chi connectivity index (χ0v) is 16.2. The summed E-state index contributed by atoms with van der Waals surface area (Å²) in [6, 6.07) is 1.64. The lowest BCUT2D eigenvalue weighted by Gasteiger charge is -2.34. The van der Waals surface area contributed by atoms with Gasteiger partial charge >= 0.3 is 6.03 Å². The van der Waals surface area contributed by atoms with Crippen molar-refractivity contribution < 1.29 is 14.7 Å². The van der Waals surface area contributed by atoms with E-state index in [-0.39, 0.29) is 12.6 Å². The number of anilines is 1. The SMILES string of the molecule is CC1(C)C2=CC=CC(O)(C(N)=O)C2CN1C(=O)Nc1cc2c(cn1)CCCC2. The van der Waals surface area contributed by atoms with Crippen LogP contribution in [0.4, 0.5) is 10.6 Å². The summed E-state index contributed by atoms with van der Waals surface area (Å²) >= 11 is 0. The van der Waals surface area contributed by atoms with Gasteiger partial charge in [0.15, 0.2) is 5.60 Å². The lowest BCUT2D eigenvalue weighted by atomic mass is 9.75.